The third-order valence-corrected chi connectivity index (χ3v) is 7.49. The molecule has 3 aromatic carbocycles. The van der Waals surface area contributed by atoms with E-state index < -0.39 is 6.03 Å². The number of urea groups is 1. The second-order valence-electron chi connectivity index (χ2n) is 10.5. The van der Waals surface area contributed by atoms with Crippen LogP contribution < -0.4 is 19.7 Å². The van der Waals surface area contributed by atoms with E-state index in [1.54, 1.807) is 37.3 Å². The molecular formula is C33H35FN6O4. The van der Waals surface area contributed by atoms with E-state index in [2.05, 4.69) is 20.4 Å². The zero-order chi connectivity index (χ0) is 31.1. The van der Waals surface area contributed by atoms with Crippen LogP contribution in [0.25, 0.3) is 11.3 Å². The number of halogens is 1. The van der Waals surface area contributed by atoms with E-state index in [1.165, 1.54) is 17.0 Å². The average Bonchev–Trinajstić information content (AvgIpc) is 3.06. The molecular weight excluding hydrogens is 563 g/mol. The lowest BCUT2D eigenvalue weighted by atomic mass is 10.1. The fraction of sp³-hybridized carbons (Fsp3) is 0.273. The van der Waals surface area contributed by atoms with Crippen LogP contribution in [0.3, 0.4) is 0 Å². The van der Waals surface area contributed by atoms with Gasteiger partial charge in [-0.15, -0.1) is 10.2 Å². The Morgan fingerprint density at radius 3 is 2.25 bits per heavy atom. The normalized spacial score (nSPS) is 12.9. The molecule has 1 aromatic heterocycles. The van der Waals surface area contributed by atoms with Crippen molar-refractivity contribution in [2.75, 3.05) is 57.2 Å². The molecule has 4 aromatic rings. The predicted octanol–water partition coefficient (Wildman–Crippen LogP) is 4.99. The fourth-order valence-corrected chi connectivity index (χ4v) is 4.95. The number of nitrogens with zero attached hydrogens (tertiary/aromatic N) is 5. The Balaban J connectivity index is 1.21. The highest BCUT2D eigenvalue weighted by molar-refractivity contribution is 5.92. The molecule has 44 heavy (non-hydrogen) atoms. The Kier molecular flexibility index (Phi) is 9.53. The van der Waals surface area contributed by atoms with Crippen molar-refractivity contribution in [1.29, 1.82) is 0 Å². The lowest BCUT2D eigenvalue weighted by Crippen LogP contribution is -2.52. The molecule has 0 saturated carbocycles. The number of carbonyl (C=O) groups is 2. The summed E-state index contributed by atoms with van der Waals surface area (Å²) in [5, 5.41) is 11.7. The number of aryl methyl sites for hydroxylation is 1. The number of nitrogens with one attached hydrogen (secondary N) is 1. The number of anilines is 2. The van der Waals surface area contributed by atoms with Crippen LogP contribution in [-0.2, 0) is 11.3 Å². The molecule has 1 aliphatic heterocycles. The van der Waals surface area contributed by atoms with Gasteiger partial charge in [-0.2, -0.15) is 0 Å². The molecule has 0 atom stereocenters. The van der Waals surface area contributed by atoms with Crippen LogP contribution in [0.15, 0.2) is 78.9 Å². The molecule has 1 aliphatic rings. The standard InChI is InChI=1S/C33H35FN6O4/c1-23-4-10-26(11-5-23)35-33(42)40(21-24-6-8-25(34)9-7-24)22-32(41)39-18-16-38(17-19-39)31-15-14-29(36-37-31)28-13-12-27(43-2)20-30(28)44-3/h4-15,20H,16-19,21-22H2,1-3H3,(H,35,42). The number of hydrogen-bond acceptors (Lipinski definition) is 7. The highest BCUT2D eigenvalue weighted by atomic mass is 19.1. The highest BCUT2D eigenvalue weighted by Gasteiger charge is 2.26. The van der Waals surface area contributed by atoms with Gasteiger partial charge in [-0.3, -0.25) is 4.79 Å². The van der Waals surface area contributed by atoms with Gasteiger partial charge in [0.1, 0.15) is 23.9 Å². The van der Waals surface area contributed by atoms with Gasteiger partial charge >= 0.3 is 6.03 Å². The van der Waals surface area contributed by atoms with Gasteiger partial charge < -0.3 is 29.5 Å². The topological polar surface area (TPSA) is 100 Å². The van der Waals surface area contributed by atoms with Crippen molar-refractivity contribution in [3.05, 3.63) is 95.8 Å². The predicted molar refractivity (Wildman–Crippen MR) is 166 cm³/mol. The van der Waals surface area contributed by atoms with Crippen molar-refractivity contribution in [2.24, 2.45) is 0 Å². The van der Waals surface area contributed by atoms with Gasteiger partial charge in [0.05, 0.1) is 19.9 Å². The maximum atomic E-state index is 13.5. The second kappa shape index (κ2) is 13.9. The molecule has 0 radical (unpaired) electrons. The number of piperazine rings is 1. The van der Waals surface area contributed by atoms with Crippen molar-refractivity contribution in [3.63, 3.8) is 0 Å². The molecule has 0 bridgehead atoms. The van der Waals surface area contributed by atoms with E-state index in [9.17, 15) is 14.0 Å². The number of carbonyl (C=O) groups excluding carboxylic acids is 2. The Labute approximate surface area is 256 Å². The van der Waals surface area contributed by atoms with Crippen molar-refractivity contribution in [3.8, 4) is 22.8 Å². The summed E-state index contributed by atoms with van der Waals surface area (Å²) in [5.74, 6) is 1.51. The zero-order valence-electron chi connectivity index (χ0n) is 25.0. The first-order chi connectivity index (χ1) is 21.3. The van der Waals surface area contributed by atoms with Gasteiger partial charge in [-0.1, -0.05) is 29.8 Å². The molecule has 1 fully saturated rings. The SMILES string of the molecule is COc1ccc(-c2ccc(N3CCN(C(=O)CN(Cc4ccc(F)cc4)C(=O)Nc4ccc(C)cc4)CC3)nn2)c(OC)c1. The Morgan fingerprint density at radius 2 is 1.61 bits per heavy atom. The molecule has 11 heteroatoms. The maximum absolute atomic E-state index is 13.5. The van der Waals surface area contributed by atoms with Crippen LogP contribution in [0, 0.1) is 12.7 Å². The summed E-state index contributed by atoms with van der Waals surface area (Å²) < 4.78 is 24.3. The first-order valence-electron chi connectivity index (χ1n) is 14.3. The first kappa shape index (κ1) is 30.3. The third kappa shape index (κ3) is 7.41. The maximum Gasteiger partial charge on any atom is 0.322 e. The summed E-state index contributed by atoms with van der Waals surface area (Å²) in [6.07, 6.45) is 0. The van der Waals surface area contributed by atoms with E-state index in [0.717, 1.165) is 16.7 Å². The van der Waals surface area contributed by atoms with Crippen LogP contribution in [0.5, 0.6) is 11.5 Å². The van der Waals surface area contributed by atoms with Crippen LogP contribution in [0.4, 0.5) is 20.7 Å². The van der Waals surface area contributed by atoms with Crippen molar-refractivity contribution in [1.82, 2.24) is 20.0 Å². The number of hydrogen-bond donors (Lipinski definition) is 1. The number of aromatic nitrogens is 2. The van der Waals surface area contributed by atoms with Gasteiger partial charge in [-0.05, 0) is 61.0 Å². The van der Waals surface area contributed by atoms with Crippen LogP contribution in [0.2, 0.25) is 0 Å². The van der Waals surface area contributed by atoms with E-state index in [1.807, 2.05) is 55.5 Å². The molecule has 0 spiro atoms. The molecule has 3 amide bonds. The number of methoxy groups -OCH3 is 2. The summed E-state index contributed by atoms with van der Waals surface area (Å²) in [5.41, 5.74) is 3.90. The zero-order valence-corrected chi connectivity index (χ0v) is 25.0. The first-order valence-corrected chi connectivity index (χ1v) is 14.3. The number of ether oxygens (including phenoxy) is 2. The minimum atomic E-state index is -0.408. The largest absolute Gasteiger partial charge is 0.497 e. The van der Waals surface area contributed by atoms with Crippen LogP contribution in [-0.4, -0.2) is 78.9 Å². The minimum Gasteiger partial charge on any atom is -0.497 e. The summed E-state index contributed by atoms with van der Waals surface area (Å²) in [7, 11) is 3.20. The van der Waals surface area contributed by atoms with Gasteiger partial charge in [0.15, 0.2) is 5.82 Å². The Bertz CT molecular complexity index is 1570. The quantitative estimate of drug-likeness (QED) is 0.290. The van der Waals surface area contributed by atoms with Crippen LogP contribution >= 0.6 is 0 Å². The average molecular weight is 599 g/mol. The minimum absolute atomic E-state index is 0.118. The molecule has 2 heterocycles. The van der Waals surface area contributed by atoms with E-state index in [0.29, 0.717) is 54.9 Å². The van der Waals surface area contributed by atoms with Gasteiger partial charge in [-0.25, -0.2) is 9.18 Å². The molecule has 0 unspecified atom stereocenters. The van der Waals surface area contributed by atoms with E-state index >= 15 is 0 Å². The highest BCUT2D eigenvalue weighted by Crippen LogP contribution is 2.32. The van der Waals surface area contributed by atoms with E-state index in [-0.39, 0.29) is 24.8 Å². The van der Waals surface area contributed by atoms with Crippen molar-refractivity contribution >= 4 is 23.4 Å². The summed E-state index contributed by atoms with van der Waals surface area (Å²) in [6.45, 7) is 4.08. The van der Waals surface area contributed by atoms with Gasteiger partial charge in [0, 0.05) is 50.0 Å². The van der Waals surface area contributed by atoms with Gasteiger partial charge in [0.2, 0.25) is 5.91 Å². The second-order valence-corrected chi connectivity index (χ2v) is 10.5. The molecule has 0 aliphatic carbocycles. The summed E-state index contributed by atoms with van der Waals surface area (Å²) >= 11 is 0. The lowest BCUT2D eigenvalue weighted by molar-refractivity contribution is -0.132. The number of amides is 3. The van der Waals surface area contributed by atoms with E-state index in [4.69, 9.17) is 9.47 Å². The van der Waals surface area contributed by atoms with Crippen LogP contribution in [0.1, 0.15) is 11.1 Å². The fourth-order valence-electron chi connectivity index (χ4n) is 4.95. The lowest BCUT2D eigenvalue weighted by Gasteiger charge is -2.36. The smallest absolute Gasteiger partial charge is 0.322 e. The Morgan fingerprint density at radius 1 is 0.886 bits per heavy atom. The molecule has 5 rings (SSSR count). The summed E-state index contributed by atoms with van der Waals surface area (Å²) in [6, 6.07) is 22.3. The number of benzene rings is 3. The Hall–Kier alpha value is -5.19. The molecule has 10 nitrogen and oxygen atoms in total. The van der Waals surface area contributed by atoms with Crippen molar-refractivity contribution in [2.45, 2.75) is 13.5 Å². The molecule has 228 valence electrons. The molecule has 1 N–H and O–H groups in total. The van der Waals surface area contributed by atoms with Gasteiger partial charge in [0.25, 0.3) is 0 Å². The summed E-state index contributed by atoms with van der Waals surface area (Å²) in [4.78, 5) is 31.9. The van der Waals surface area contributed by atoms with Crippen molar-refractivity contribution < 1.29 is 23.5 Å². The monoisotopic (exact) mass is 598 g/mol. The number of rotatable bonds is 9. The molecule has 1 saturated heterocycles. The third-order valence-electron chi connectivity index (χ3n) is 7.49.